The lowest BCUT2D eigenvalue weighted by molar-refractivity contribution is 0.561. The van der Waals surface area contributed by atoms with Crippen LogP contribution in [0.2, 0.25) is 0 Å². The van der Waals surface area contributed by atoms with E-state index < -0.39 is 0 Å². The molecule has 3 heterocycles. The van der Waals surface area contributed by atoms with E-state index in [1.54, 1.807) is 18.1 Å². The minimum Gasteiger partial charge on any atom is -0.341 e. The van der Waals surface area contributed by atoms with E-state index in [9.17, 15) is 0 Å². The first-order chi connectivity index (χ1) is 10.3. The van der Waals surface area contributed by atoms with Crippen LogP contribution in [0, 0.1) is 0 Å². The van der Waals surface area contributed by atoms with E-state index in [4.69, 9.17) is 0 Å². The van der Waals surface area contributed by atoms with Gasteiger partial charge in [0.05, 0.1) is 12.0 Å². The molecule has 0 amide bonds. The maximum Gasteiger partial charge on any atom is 0.181 e. The molecule has 3 rings (SSSR count). The number of pyridine rings is 1. The number of H-pyrrole nitrogens is 1. The molecule has 21 heavy (non-hydrogen) atoms. The lowest BCUT2D eigenvalue weighted by atomic mass is 10.1. The van der Waals surface area contributed by atoms with Crippen LogP contribution in [0.15, 0.2) is 40.9 Å². The smallest absolute Gasteiger partial charge is 0.181 e. The summed E-state index contributed by atoms with van der Waals surface area (Å²) in [6, 6.07) is 4.41. The van der Waals surface area contributed by atoms with Gasteiger partial charge in [-0.2, -0.15) is 0 Å². The molecule has 7 heteroatoms. The SMILES string of the molecule is CCC(NC)c1ccc(Sc2ncnc3nc[nH]c23)cn1. The van der Waals surface area contributed by atoms with Gasteiger partial charge in [-0.15, -0.1) is 0 Å². The number of hydrogen-bond acceptors (Lipinski definition) is 6. The molecule has 0 bridgehead atoms. The van der Waals surface area contributed by atoms with Gasteiger partial charge in [0.2, 0.25) is 0 Å². The van der Waals surface area contributed by atoms with Crippen LogP contribution in [0.5, 0.6) is 0 Å². The number of nitrogens with zero attached hydrogens (tertiary/aromatic N) is 4. The molecule has 3 aromatic heterocycles. The van der Waals surface area contributed by atoms with Gasteiger partial charge in [-0.1, -0.05) is 18.7 Å². The van der Waals surface area contributed by atoms with Crippen LogP contribution in [0.3, 0.4) is 0 Å². The van der Waals surface area contributed by atoms with E-state index in [1.165, 1.54) is 6.33 Å². The molecule has 6 nitrogen and oxygen atoms in total. The highest BCUT2D eigenvalue weighted by Gasteiger charge is 2.10. The van der Waals surface area contributed by atoms with Crippen molar-refractivity contribution in [1.82, 2.24) is 30.2 Å². The van der Waals surface area contributed by atoms with Crippen LogP contribution < -0.4 is 5.32 Å². The Bertz CT molecular complexity index is 720. The molecule has 3 aromatic rings. The fraction of sp³-hybridized carbons (Fsp3) is 0.286. The second kappa shape index (κ2) is 6.19. The summed E-state index contributed by atoms with van der Waals surface area (Å²) < 4.78 is 0. The van der Waals surface area contributed by atoms with Crippen molar-refractivity contribution in [3.8, 4) is 0 Å². The third-order valence-electron chi connectivity index (χ3n) is 3.28. The van der Waals surface area contributed by atoms with E-state index in [-0.39, 0.29) is 0 Å². The second-order valence-electron chi connectivity index (χ2n) is 4.55. The molecule has 0 saturated carbocycles. The average Bonchev–Trinajstić information content (AvgIpc) is 3.00. The van der Waals surface area contributed by atoms with E-state index in [0.717, 1.165) is 27.6 Å². The van der Waals surface area contributed by atoms with Gasteiger partial charge in [-0.05, 0) is 25.6 Å². The average molecular weight is 300 g/mol. The zero-order valence-electron chi connectivity index (χ0n) is 11.9. The van der Waals surface area contributed by atoms with Gasteiger partial charge in [-0.25, -0.2) is 15.0 Å². The van der Waals surface area contributed by atoms with Gasteiger partial charge in [0.15, 0.2) is 5.65 Å². The van der Waals surface area contributed by atoms with Gasteiger partial charge >= 0.3 is 0 Å². The molecule has 108 valence electrons. The Morgan fingerprint density at radius 1 is 1.24 bits per heavy atom. The Labute approximate surface area is 126 Å². The molecule has 0 aliphatic heterocycles. The minimum atomic E-state index is 0.294. The Kier molecular flexibility index (Phi) is 4.12. The third kappa shape index (κ3) is 2.88. The predicted octanol–water partition coefficient (Wildman–Crippen LogP) is 2.57. The molecule has 0 fully saturated rings. The number of fused-ring (bicyclic) bond motifs is 1. The van der Waals surface area contributed by atoms with E-state index in [1.807, 2.05) is 13.2 Å². The molecule has 0 aliphatic carbocycles. The van der Waals surface area contributed by atoms with Crippen molar-refractivity contribution in [3.05, 3.63) is 36.7 Å². The molecule has 0 aliphatic rings. The standard InChI is InChI=1S/C14H16N6S/c1-3-10(15-2)11-5-4-9(6-16-11)21-14-12-13(18-7-17-12)19-8-20-14/h4-8,10,15H,3H2,1-2H3,(H,17,18,19,20). The van der Waals surface area contributed by atoms with Crippen LogP contribution in [0.4, 0.5) is 0 Å². The monoisotopic (exact) mass is 300 g/mol. The van der Waals surface area contributed by atoms with E-state index in [0.29, 0.717) is 11.7 Å². The van der Waals surface area contributed by atoms with Crippen molar-refractivity contribution in [2.45, 2.75) is 29.3 Å². The molecule has 0 spiro atoms. The van der Waals surface area contributed by atoms with E-state index in [2.05, 4.69) is 49.3 Å². The number of nitrogens with one attached hydrogen (secondary N) is 2. The Balaban J connectivity index is 1.83. The van der Waals surface area contributed by atoms with Gasteiger partial charge < -0.3 is 10.3 Å². The highest BCUT2D eigenvalue weighted by Crippen LogP contribution is 2.29. The topological polar surface area (TPSA) is 79.4 Å². The van der Waals surface area contributed by atoms with Crippen molar-refractivity contribution in [2.75, 3.05) is 7.05 Å². The lowest BCUT2D eigenvalue weighted by Crippen LogP contribution is -2.16. The molecular weight excluding hydrogens is 284 g/mol. The van der Waals surface area contributed by atoms with Crippen molar-refractivity contribution in [2.24, 2.45) is 0 Å². The Morgan fingerprint density at radius 2 is 2.14 bits per heavy atom. The minimum absolute atomic E-state index is 0.294. The van der Waals surface area contributed by atoms with Crippen molar-refractivity contribution < 1.29 is 0 Å². The maximum absolute atomic E-state index is 4.53. The number of aromatic amines is 1. The van der Waals surface area contributed by atoms with Gasteiger partial charge in [0.25, 0.3) is 0 Å². The van der Waals surface area contributed by atoms with E-state index >= 15 is 0 Å². The number of aromatic nitrogens is 5. The second-order valence-corrected chi connectivity index (χ2v) is 5.61. The largest absolute Gasteiger partial charge is 0.341 e. The summed E-state index contributed by atoms with van der Waals surface area (Å²) in [4.78, 5) is 21.2. The van der Waals surface area contributed by atoms with Gasteiger partial charge in [-0.3, -0.25) is 4.98 Å². The summed E-state index contributed by atoms with van der Waals surface area (Å²) in [5.74, 6) is 0. The predicted molar refractivity (Wildman–Crippen MR) is 82.1 cm³/mol. The highest BCUT2D eigenvalue weighted by molar-refractivity contribution is 7.99. The number of imidazole rings is 1. The van der Waals surface area contributed by atoms with Crippen LogP contribution in [0.1, 0.15) is 25.1 Å². The van der Waals surface area contributed by atoms with Crippen LogP contribution in [0.25, 0.3) is 11.2 Å². The maximum atomic E-state index is 4.53. The third-order valence-corrected chi connectivity index (χ3v) is 4.26. The fourth-order valence-corrected chi connectivity index (χ4v) is 2.97. The van der Waals surface area contributed by atoms with Crippen molar-refractivity contribution in [3.63, 3.8) is 0 Å². The first-order valence-corrected chi connectivity index (χ1v) is 7.58. The summed E-state index contributed by atoms with van der Waals surface area (Å²) in [5, 5.41) is 4.11. The normalized spacial score (nSPS) is 12.7. The molecule has 0 saturated heterocycles. The fourth-order valence-electron chi connectivity index (χ4n) is 2.15. The quantitative estimate of drug-likeness (QED) is 0.705. The number of rotatable bonds is 5. The first-order valence-electron chi connectivity index (χ1n) is 6.77. The molecule has 1 atom stereocenters. The molecular formula is C14H16N6S. The Hall–Kier alpha value is -1.99. The summed E-state index contributed by atoms with van der Waals surface area (Å²) in [5.41, 5.74) is 2.59. The summed E-state index contributed by atoms with van der Waals surface area (Å²) in [7, 11) is 1.95. The number of hydrogen-bond donors (Lipinski definition) is 2. The molecule has 0 radical (unpaired) electrons. The summed E-state index contributed by atoms with van der Waals surface area (Å²) in [6.07, 6.45) is 6.05. The van der Waals surface area contributed by atoms with Crippen LogP contribution >= 0.6 is 11.8 Å². The zero-order chi connectivity index (χ0) is 14.7. The molecule has 2 N–H and O–H groups in total. The Morgan fingerprint density at radius 3 is 2.86 bits per heavy atom. The highest BCUT2D eigenvalue weighted by atomic mass is 32.2. The van der Waals surface area contributed by atoms with Crippen LogP contribution in [-0.2, 0) is 0 Å². The summed E-state index contributed by atoms with van der Waals surface area (Å²) >= 11 is 1.55. The molecule has 1 unspecified atom stereocenters. The zero-order valence-corrected chi connectivity index (χ0v) is 12.7. The van der Waals surface area contributed by atoms with Gasteiger partial charge in [0.1, 0.15) is 16.9 Å². The summed E-state index contributed by atoms with van der Waals surface area (Å²) in [6.45, 7) is 2.14. The lowest BCUT2D eigenvalue weighted by Gasteiger charge is -2.13. The van der Waals surface area contributed by atoms with Crippen LogP contribution in [-0.4, -0.2) is 32.0 Å². The van der Waals surface area contributed by atoms with Crippen molar-refractivity contribution >= 4 is 22.9 Å². The van der Waals surface area contributed by atoms with Crippen molar-refractivity contribution in [1.29, 1.82) is 0 Å². The molecule has 0 aromatic carbocycles. The first kappa shape index (κ1) is 14.0. The van der Waals surface area contributed by atoms with Gasteiger partial charge in [0, 0.05) is 17.1 Å².